The van der Waals surface area contributed by atoms with Crippen LogP contribution < -0.4 is 10.2 Å². The van der Waals surface area contributed by atoms with E-state index in [0.717, 1.165) is 40.5 Å². The van der Waals surface area contributed by atoms with Gasteiger partial charge in [0.1, 0.15) is 5.03 Å². The van der Waals surface area contributed by atoms with E-state index in [-0.39, 0.29) is 18.1 Å². The molecule has 1 N–H and O–H groups in total. The molecule has 3 aromatic rings. The van der Waals surface area contributed by atoms with Gasteiger partial charge in [-0.05, 0) is 31.5 Å². The van der Waals surface area contributed by atoms with E-state index >= 15 is 0 Å². The molecule has 0 radical (unpaired) electrons. The van der Waals surface area contributed by atoms with E-state index in [2.05, 4.69) is 24.1 Å². The van der Waals surface area contributed by atoms with Gasteiger partial charge in [-0.15, -0.1) is 0 Å². The summed E-state index contributed by atoms with van der Waals surface area (Å²) in [5.41, 5.74) is 2.78. The van der Waals surface area contributed by atoms with Gasteiger partial charge in [0.25, 0.3) is 0 Å². The maximum atomic E-state index is 12.4. The summed E-state index contributed by atoms with van der Waals surface area (Å²) < 4.78 is 5.88. The number of thioether (sulfide) groups is 1. The van der Waals surface area contributed by atoms with Gasteiger partial charge < -0.3 is 15.0 Å². The number of nitrogens with one attached hydrogen (secondary N) is 1. The number of benzene rings is 2. The fourth-order valence-corrected chi connectivity index (χ4v) is 4.45. The van der Waals surface area contributed by atoms with Crippen LogP contribution in [0.3, 0.4) is 0 Å². The molecule has 0 saturated carbocycles. The van der Waals surface area contributed by atoms with Crippen molar-refractivity contribution in [1.29, 1.82) is 0 Å². The summed E-state index contributed by atoms with van der Waals surface area (Å²) in [6, 6.07) is 17.8. The SMILES string of the molecule is C[C@@H]1CN(c2nc3ccccc3nc2SCC(=O)NCc2ccccc2)C[C@@H](C)O1. The van der Waals surface area contributed by atoms with E-state index in [1.165, 1.54) is 11.8 Å². The third kappa shape index (κ3) is 5.09. The topological polar surface area (TPSA) is 67.4 Å². The lowest BCUT2D eigenvalue weighted by atomic mass is 10.2. The van der Waals surface area contributed by atoms with Crippen molar-refractivity contribution in [2.45, 2.75) is 37.6 Å². The van der Waals surface area contributed by atoms with Crippen LogP contribution in [0.15, 0.2) is 59.6 Å². The maximum absolute atomic E-state index is 12.4. The Balaban J connectivity index is 1.50. The van der Waals surface area contributed by atoms with Gasteiger partial charge in [-0.1, -0.05) is 54.2 Å². The standard InChI is InChI=1S/C23H26N4O2S/c1-16-13-27(14-17(2)29-16)22-23(26-20-11-7-6-10-19(20)25-22)30-15-21(28)24-12-18-8-4-3-5-9-18/h3-11,16-17H,12-15H2,1-2H3,(H,24,28)/t16-,17-/m1/s1. The van der Waals surface area contributed by atoms with E-state index in [0.29, 0.717) is 12.3 Å². The molecule has 1 aliphatic rings. The molecule has 0 bridgehead atoms. The third-order valence-corrected chi connectivity index (χ3v) is 5.87. The molecule has 1 aromatic heterocycles. The highest BCUT2D eigenvalue weighted by Gasteiger charge is 2.26. The second kappa shape index (κ2) is 9.45. The maximum Gasteiger partial charge on any atom is 0.230 e. The lowest BCUT2D eigenvalue weighted by molar-refractivity contribution is -0.118. The molecule has 1 saturated heterocycles. The summed E-state index contributed by atoms with van der Waals surface area (Å²) in [5, 5.41) is 3.76. The van der Waals surface area contributed by atoms with Crippen molar-refractivity contribution in [3.05, 3.63) is 60.2 Å². The minimum Gasteiger partial charge on any atom is -0.372 e. The van der Waals surface area contributed by atoms with Gasteiger partial charge in [0.2, 0.25) is 5.91 Å². The first-order chi connectivity index (χ1) is 14.6. The minimum atomic E-state index is -0.0199. The first-order valence-corrected chi connectivity index (χ1v) is 11.2. The van der Waals surface area contributed by atoms with Gasteiger partial charge in [0, 0.05) is 19.6 Å². The van der Waals surface area contributed by atoms with Crippen LogP contribution in [0.4, 0.5) is 5.82 Å². The summed E-state index contributed by atoms with van der Waals surface area (Å²) >= 11 is 1.43. The zero-order valence-corrected chi connectivity index (χ0v) is 18.1. The number of hydrogen-bond donors (Lipinski definition) is 1. The van der Waals surface area contributed by atoms with E-state index in [9.17, 15) is 4.79 Å². The highest BCUT2D eigenvalue weighted by Crippen LogP contribution is 2.30. The smallest absolute Gasteiger partial charge is 0.230 e. The van der Waals surface area contributed by atoms with Crippen molar-refractivity contribution < 1.29 is 9.53 Å². The van der Waals surface area contributed by atoms with E-state index in [1.54, 1.807) is 0 Å². The Hall–Kier alpha value is -2.64. The second-order valence-corrected chi connectivity index (χ2v) is 8.52. The number of fused-ring (bicyclic) bond motifs is 1. The van der Waals surface area contributed by atoms with Gasteiger partial charge in [0.15, 0.2) is 5.82 Å². The monoisotopic (exact) mass is 422 g/mol. The highest BCUT2D eigenvalue weighted by molar-refractivity contribution is 8.00. The number of morpholine rings is 1. The van der Waals surface area contributed by atoms with Crippen LogP contribution in [0.25, 0.3) is 11.0 Å². The quantitative estimate of drug-likeness (QED) is 0.612. The van der Waals surface area contributed by atoms with Crippen molar-refractivity contribution in [1.82, 2.24) is 15.3 Å². The molecule has 2 atom stereocenters. The van der Waals surface area contributed by atoms with E-state index in [1.807, 2.05) is 54.6 Å². The van der Waals surface area contributed by atoms with E-state index in [4.69, 9.17) is 14.7 Å². The zero-order chi connectivity index (χ0) is 20.9. The number of anilines is 1. The number of aromatic nitrogens is 2. The van der Waals surface area contributed by atoms with Crippen LogP contribution in [0, 0.1) is 0 Å². The van der Waals surface area contributed by atoms with Crippen LogP contribution >= 0.6 is 11.8 Å². The Morgan fingerprint density at radius 2 is 1.67 bits per heavy atom. The normalized spacial score (nSPS) is 19.1. The summed E-state index contributed by atoms with van der Waals surface area (Å²) in [6.45, 7) is 6.17. The number of carbonyl (C=O) groups excluding carboxylic acids is 1. The van der Waals surface area contributed by atoms with Crippen molar-refractivity contribution in [2.75, 3.05) is 23.7 Å². The summed E-state index contributed by atoms with van der Waals surface area (Å²) in [4.78, 5) is 24.4. The summed E-state index contributed by atoms with van der Waals surface area (Å²) in [7, 11) is 0. The van der Waals surface area contributed by atoms with E-state index < -0.39 is 0 Å². The van der Waals surface area contributed by atoms with Crippen LogP contribution in [-0.4, -0.2) is 46.9 Å². The molecule has 0 unspecified atom stereocenters. The Kier molecular flexibility index (Phi) is 6.50. The lowest BCUT2D eigenvalue weighted by Gasteiger charge is -2.36. The third-order valence-electron chi connectivity index (χ3n) is 4.91. The molecular formula is C23H26N4O2S. The Bertz CT molecular complexity index is 1000. The molecule has 156 valence electrons. The lowest BCUT2D eigenvalue weighted by Crippen LogP contribution is -2.46. The molecule has 2 heterocycles. The molecule has 1 amide bonds. The van der Waals surface area contributed by atoms with Crippen LogP contribution in [0.5, 0.6) is 0 Å². The van der Waals surface area contributed by atoms with Crippen LogP contribution in [-0.2, 0) is 16.1 Å². The number of ether oxygens (including phenoxy) is 1. The van der Waals surface area contributed by atoms with Gasteiger partial charge in [0.05, 0.1) is 29.0 Å². The largest absolute Gasteiger partial charge is 0.372 e. The predicted octanol–water partition coefficient (Wildman–Crippen LogP) is 3.65. The first kappa shape index (κ1) is 20.6. The Morgan fingerprint density at radius 1 is 1.03 bits per heavy atom. The van der Waals surface area contributed by atoms with Crippen LogP contribution in [0.1, 0.15) is 19.4 Å². The molecule has 1 fully saturated rings. The zero-order valence-electron chi connectivity index (χ0n) is 17.2. The fourth-order valence-electron chi connectivity index (χ4n) is 3.61. The average molecular weight is 423 g/mol. The Morgan fingerprint density at radius 3 is 2.37 bits per heavy atom. The fraction of sp³-hybridized carbons (Fsp3) is 0.348. The summed E-state index contributed by atoms with van der Waals surface area (Å²) in [6.07, 6.45) is 0.239. The van der Waals surface area contributed by atoms with Crippen molar-refractivity contribution in [2.24, 2.45) is 0 Å². The molecule has 6 nitrogen and oxygen atoms in total. The molecule has 0 aliphatic carbocycles. The van der Waals surface area contributed by atoms with Crippen molar-refractivity contribution >= 4 is 34.5 Å². The summed E-state index contributed by atoms with van der Waals surface area (Å²) in [5.74, 6) is 1.10. The Labute approximate surface area is 181 Å². The number of para-hydroxylation sites is 2. The van der Waals surface area contributed by atoms with Gasteiger partial charge in [-0.25, -0.2) is 9.97 Å². The van der Waals surface area contributed by atoms with Crippen LogP contribution in [0.2, 0.25) is 0 Å². The van der Waals surface area contributed by atoms with Gasteiger partial charge in [-0.3, -0.25) is 4.79 Å². The van der Waals surface area contributed by atoms with Gasteiger partial charge >= 0.3 is 0 Å². The number of nitrogens with zero attached hydrogens (tertiary/aromatic N) is 3. The molecule has 30 heavy (non-hydrogen) atoms. The molecular weight excluding hydrogens is 396 g/mol. The molecule has 4 rings (SSSR count). The second-order valence-electron chi connectivity index (χ2n) is 7.55. The molecule has 7 heteroatoms. The first-order valence-electron chi connectivity index (χ1n) is 10.2. The molecule has 0 spiro atoms. The molecule has 2 aromatic carbocycles. The van der Waals surface area contributed by atoms with Crippen molar-refractivity contribution in [3.8, 4) is 0 Å². The minimum absolute atomic E-state index is 0.0199. The number of hydrogen-bond acceptors (Lipinski definition) is 6. The number of carbonyl (C=O) groups is 1. The molecule has 1 aliphatic heterocycles. The number of rotatable bonds is 6. The highest BCUT2D eigenvalue weighted by atomic mass is 32.2. The average Bonchev–Trinajstić information content (AvgIpc) is 2.75. The van der Waals surface area contributed by atoms with Gasteiger partial charge in [-0.2, -0.15) is 0 Å². The predicted molar refractivity (Wildman–Crippen MR) is 121 cm³/mol. The van der Waals surface area contributed by atoms with Crippen molar-refractivity contribution in [3.63, 3.8) is 0 Å². The number of amides is 1.